The number of amides is 2. The van der Waals surface area contributed by atoms with Gasteiger partial charge in [0.1, 0.15) is 0 Å². The van der Waals surface area contributed by atoms with E-state index in [-0.39, 0.29) is 17.1 Å². The van der Waals surface area contributed by atoms with Crippen LogP contribution in [0.25, 0.3) is 0 Å². The highest BCUT2D eigenvalue weighted by Gasteiger charge is 2.18. The van der Waals surface area contributed by atoms with E-state index in [0.29, 0.717) is 29.2 Å². The molecule has 32 heavy (non-hydrogen) atoms. The van der Waals surface area contributed by atoms with Crippen molar-refractivity contribution >= 4 is 35.0 Å². The molecule has 1 atom stereocenters. The van der Waals surface area contributed by atoms with E-state index in [1.54, 1.807) is 25.3 Å². The molecule has 0 heterocycles. The van der Waals surface area contributed by atoms with E-state index in [0.717, 1.165) is 10.6 Å². The van der Waals surface area contributed by atoms with Gasteiger partial charge in [-0.1, -0.05) is 31.2 Å². The smallest absolute Gasteiger partial charge is 0.255 e. The van der Waals surface area contributed by atoms with E-state index in [1.807, 2.05) is 61.5 Å². The predicted molar refractivity (Wildman–Crippen MR) is 129 cm³/mol. The lowest BCUT2D eigenvalue weighted by molar-refractivity contribution is -0.115. The molecule has 1 unspecified atom stereocenters. The van der Waals surface area contributed by atoms with Crippen LogP contribution in [0.15, 0.2) is 77.7 Å². The number of carbonyl (C=O) groups excluding carboxylic acids is 2. The van der Waals surface area contributed by atoms with Crippen LogP contribution in [-0.4, -0.2) is 31.3 Å². The lowest BCUT2D eigenvalue weighted by atomic mass is 10.2. The average molecular weight is 451 g/mol. The summed E-state index contributed by atoms with van der Waals surface area (Å²) < 4.78 is 10.5. The molecule has 3 aromatic rings. The molecule has 0 radical (unpaired) electrons. The first-order valence-electron chi connectivity index (χ1n) is 10.2. The number of carbonyl (C=O) groups is 2. The predicted octanol–water partition coefficient (Wildman–Crippen LogP) is 5.47. The molecule has 2 N–H and O–H groups in total. The Bertz CT molecular complexity index is 1070. The summed E-state index contributed by atoms with van der Waals surface area (Å²) in [5.41, 5.74) is 1.87. The molecule has 0 spiro atoms. The topological polar surface area (TPSA) is 76.7 Å². The van der Waals surface area contributed by atoms with Gasteiger partial charge < -0.3 is 20.1 Å². The number of nitrogens with one attached hydrogen (secondary N) is 2. The normalized spacial score (nSPS) is 11.3. The highest BCUT2D eigenvalue weighted by atomic mass is 32.2. The maximum atomic E-state index is 12.7. The minimum absolute atomic E-state index is 0.0523. The highest BCUT2D eigenvalue weighted by Crippen LogP contribution is 2.30. The highest BCUT2D eigenvalue weighted by molar-refractivity contribution is 8.00. The monoisotopic (exact) mass is 450 g/mol. The third-order valence-corrected chi connectivity index (χ3v) is 6.08. The Morgan fingerprint density at radius 3 is 2.25 bits per heavy atom. The lowest BCUT2D eigenvalue weighted by Gasteiger charge is -2.15. The molecule has 3 aromatic carbocycles. The SMILES string of the molecule is CCC(Sc1cccc(NC(=O)c2ccc(OC)c(OC)c2)c1)C(=O)Nc1ccccc1. The number of benzene rings is 3. The fourth-order valence-corrected chi connectivity index (χ4v) is 4.07. The fraction of sp³-hybridized carbons (Fsp3) is 0.200. The Labute approximate surface area is 192 Å². The number of hydrogen-bond donors (Lipinski definition) is 2. The summed E-state index contributed by atoms with van der Waals surface area (Å²) in [6.45, 7) is 1.98. The summed E-state index contributed by atoms with van der Waals surface area (Å²) in [5.74, 6) is 0.729. The molecular formula is C25H26N2O4S. The second-order valence-corrected chi connectivity index (χ2v) is 8.20. The van der Waals surface area contributed by atoms with Crippen LogP contribution in [0.1, 0.15) is 23.7 Å². The van der Waals surface area contributed by atoms with Crippen molar-refractivity contribution in [1.82, 2.24) is 0 Å². The van der Waals surface area contributed by atoms with E-state index in [4.69, 9.17) is 9.47 Å². The van der Waals surface area contributed by atoms with Gasteiger partial charge in [-0.25, -0.2) is 0 Å². The molecular weight excluding hydrogens is 424 g/mol. The zero-order chi connectivity index (χ0) is 22.9. The van der Waals surface area contributed by atoms with E-state index >= 15 is 0 Å². The summed E-state index contributed by atoms with van der Waals surface area (Å²) >= 11 is 1.46. The first kappa shape index (κ1) is 23.2. The molecule has 0 aliphatic heterocycles. The minimum Gasteiger partial charge on any atom is -0.493 e. The molecule has 0 saturated carbocycles. The fourth-order valence-electron chi connectivity index (χ4n) is 3.06. The lowest BCUT2D eigenvalue weighted by Crippen LogP contribution is -2.24. The second kappa shape index (κ2) is 11.2. The molecule has 0 fully saturated rings. The van der Waals surface area contributed by atoms with Crippen LogP contribution in [0, 0.1) is 0 Å². The maximum Gasteiger partial charge on any atom is 0.255 e. The van der Waals surface area contributed by atoms with Crippen molar-refractivity contribution in [2.45, 2.75) is 23.5 Å². The molecule has 6 nitrogen and oxygen atoms in total. The molecule has 0 saturated heterocycles. The van der Waals surface area contributed by atoms with Crippen LogP contribution >= 0.6 is 11.8 Å². The average Bonchev–Trinajstić information content (AvgIpc) is 2.82. The zero-order valence-electron chi connectivity index (χ0n) is 18.3. The van der Waals surface area contributed by atoms with Gasteiger partial charge in [0.25, 0.3) is 5.91 Å². The molecule has 3 rings (SSSR count). The summed E-state index contributed by atoms with van der Waals surface area (Å²) in [7, 11) is 3.07. The van der Waals surface area contributed by atoms with Crippen molar-refractivity contribution in [2.24, 2.45) is 0 Å². The Balaban J connectivity index is 1.68. The van der Waals surface area contributed by atoms with Crippen LogP contribution < -0.4 is 20.1 Å². The summed E-state index contributed by atoms with van der Waals surface area (Å²) in [6, 6.07) is 21.9. The number of anilines is 2. The summed E-state index contributed by atoms with van der Waals surface area (Å²) in [5, 5.41) is 5.59. The van der Waals surface area contributed by atoms with E-state index in [9.17, 15) is 9.59 Å². The van der Waals surface area contributed by atoms with Crippen LogP contribution in [0.3, 0.4) is 0 Å². The standard InChI is InChI=1S/C25H26N2O4S/c1-4-23(25(29)26-18-9-6-5-7-10-18)32-20-12-8-11-19(16-20)27-24(28)17-13-14-21(30-2)22(15-17)31-3/h5-16,23H,4H2,1-3H3,(H,26,29)(H,27,28). The number of hydrogen-bond acceptors (Lipinski definition) is 5. The van der Waals surface area contributed by atoms with Gasteiger partial charge in [0.05, 0.1) is 19.5 Å². The van der Waals surface area contributed by atoms with E-state index < -0.39 is 0 Å². The summed E-state index contributed by atoms with van der Waals surface area (Å²) in [4.78, 5) is 26.3. The molecule has 166 valence electrons. The van der Waals surface area contributed by atoms with Crippen LogP contribution in [0.2, 0.25) is 0 Å². The third kappa shape index (κ3) is 6.04. The Hall–Kier alpha value is -3.45. The van der Waals surface area contributed by atoms with Gasteiger partial charge in [-0.05, 0) is 55.0 Å². The molecule has 0 aliphatic carbocycles. The number of thioether (sulfide) groups is 1. The van der Waals surface area contributed by atoms with Gasteiger partial charge in [-0.3, -0.25) is 9.59 Å². The number of rotatable bonds is 9. The summed E-state index contributed by atoms with van der Waals surface area (Å²) in [6.07, 6.45) is 0.672. The van der Waals surface area contributed by atoms with Crippen molar-refractivity contribution in [1.29, 1.82) is 0 Å². The zero-order valence-corrected chi connectivity index (χ0v) is 19.1. The van der Waals surface area contributed by atoms with Crippen molar-refractivity contribution in [3.8, 4) is 11.5 Å². The van der Waals surface area contributed by atoms with Gasteiger partial charge in [0.15, 0.2) is 11.5 Å². The van der Waals surface area contributed by atoms with Gasteiger partial charge >= 0.3 is 0 Å². The Morgan fingerprint density at radius 2 is 1.56 bits per heavy atom. The van der Waals surface area contributed by atoms with E-state index in [2.05, 4.69) is 10.6 Å². The van der Waals surface area contributed by atoms with E-state index in [1.165, 1.54) is 18.9 Å². The Morgan fingerprint density at radius 1 is 0.844 bits per heavy atom. The third-order valence-electron chi connectivity index (χ3n) is 4.72. The quantitative estimate of drug-likeness (QED) is 0.423. The number of ether oxygens (including phenoxy) is 2. The van der Waals surface area contributed by atoms with Crippen molar-refractivity contribution in [2.75, 3.05) is 24.9 Å². The van der Waals surface area contributed by atoms with Crippen molar-refractivity contribution < 1.29 is 19.1 Å². The molecule has 2 amide bonds. The maximum absolute atomic E-state index is 12.7. The van der Waals surface area contributed by atoms with Gasteiger partial charge in [0.2, 0.25) is 5.91 Å². The minimum atomic E-state index is -0.262. The van der Waals surface area contributed by atoms with Crippen molar-refractivity contribution in [3.63, 3.8) is 0 Å². The van der Waals surface area contributed by atoms with Crippen LogP contribution in [0.5, 0.6) is 11.5 Å². The van der Waals surface area contributed by atoms with Gasteiger partial charge in [-0.15, -0.1) is 11.8 Å². The molecule has 7 heteroatoms. The number of para-hydroxylation sites is 1. The van der Waals surface area contributed by atoms with Crippen LogP contribution in [0.4, 0.5) is 11.4 Å². The van der Waals surface area contributed by atoms with Crippen LogP contribution in [-0.2, 0) is 4.79 Å². The molecule has 0 aliphatic rings. The molecule has 0 bridgehead atoms. The Kier molecular flexibility index (Phi) is 8.16. The number of methoxy groups -OCH3 is 2. The van der Waals surface area contributed by atoms with Gasteiger partial charge in [-0.2, -0.15) is 0 Å². The first-order valence-corrected chi connectivity index (χ1v) is 11.1. The van der Waals surface area contributed by atoms with Crippen molar-refractivity contribution in [3.05, 3.63) is 78.4 Å². The largest absolute Gasteiger partial charge is 0.493 e. The second-order valence-electron chi connectivity index (χ2n) is 6.92. The van der Waals surface area contributed by atoms with Gasteiger partial charge in [0, 0.05) is 21.8 Å². The first-order chi connectivity index (χ1) is 15.5. The molecule has 0 aromatic heterocycles.